The van der Waals surface area contributed by atoms with E-state index in [1.54, 1.807) is 0 Å². The van der Waals surface area contributed by atoms with Crippen LogP contribution >= 0.6 is 0 Å². The first-order valence-corrected chi connectivity index (χ1v) is 8.62. The Balaban J connectivity index is 0.000000212. The summed E-state index contributed by atoms with van der Waals surface area (Å²) in [5, 5.41) is 6.62. The van der Waals surface area contributed by atoms with E-state index in [4.69, 9.17) is 0 Å². The molecule has 1 fully saturated rings. The lowest BCUT2D eigenvalue weighted by Gasteiger charge is -2.19. The fraction of sp³-hybridized carbons (Fsp3) is 0.350. The topological polar surface area (TPSA) is 44.4 Å². The predicted molar refractivity (Wildman–Crippen MR) is 101 cm³/mol. The molecule has 1 aliphatic heterocycles. The minimum atomic E-state index is -0.319. The number of nitrogens with one attached hydrogen (secondary N) is 2. The number of halogens is 1. The number of carbonyl (C=O) groups is 1. The van der Waals surface area contributed by atoms with Gasteiger partial charge >= 0.3 is 0 Å². The number of anilines is 1. The summed E-state index contributed by atoms with van der Waals surface area (Å²) in [6.07, 6.45) is 1.94. The summed E-state index contributed by atoms with van der Waals surface area (Å²) in [6, 6.07) is 14.0. The number of rotatable bonds is 4. The van der Waals surface area contributed by atoms with Crippen molar-refractivity contribution in [3.63, 3.8) is 0 Å². The zero-order chi connectivity index (χ0) is 17.9. The van der Waals surface area contributed by atoms with Crippen LogP contribution in [0.2, 0.25) is 0 Å². The number of hydrogen-bond acceptors (Lipinski definition) is 4. The van der Waals surface area contributed by atoms with Crippen LogP contribution in [0.25, 0.3) is 0 Å². The van der Waals surface area contributed by atoms with Crippen molar-refractivity contribution >= 4 is 12.0 Å². The van der Waals surface area contributed by atoms with E-state index in [-0.39, 0.29) is 5.82 Å². The number of hydrogen-bond donors (Lipinski definition) is 2. The molecule has 1 saturated heterocycles. The Morgan fingerprint density at radius 1 is 1.16 bits per heavy atom. The lowest BCUT2D eigenvalue weighted by Crippen LogP contribution is -2.27. The third-order valence-corrected chi connectivity index (χ3v) is 4.06. The molecular weight excluding hydrogens is 317 g/mol. The highest BCUT2D eigenvalue weighted by molar-refractivity contribution is 5.74. The van der Waals surface area contributed by atoms with Crippen LogP contribution in [-0.4, -0.2) is 44.4 Å². The van der Waals surface area contributed by atoms with E-state index in [1.807, 2.05) is 7.05 Å². The number of benzene rings is 2. The maximum atomic E-state index is 12.1. The Morgan fingerprint density at radius 3 is 2.68 bits per heavy atom. The van der Waals surface area contributed by atoms with Crippen LogP contribution in [0, 0.1) is 5.82 Å². The van der Waals surface area contributed by atoms with E-state index in [0.29, 0.717) is 11.8 Å². The molecule has 4 nitrogen and oxygen atoms in total. The number of aldehydes is 1. The average Bonchev–Trinajstić information content (AvgIpc) is 2.92. The van der Waals surface area contributed by atoms with E-state index in [2.05, 4.69) is 39.8 Å². The minimum absolute atomic E-state index is 0.319. The van der Waals surface area contributed by atoms with Gasteiger partial charge in [-0.3, -0.25) is 9.69 Å². The summed E-state index contributed by atoms with van der Waals surface area (Å²) < 4.78 is 12.1. The van der Waals surface area contributed by atoms with Gasteiger partial charge in [0.05, 0.1) is 0 Å². The van der Waals surface area contributed by atoms with Crippen LogP contribution < -0.4 is 10.6 Å². The molecule has 1 heterocycles. The zero-order valence-corrected chi connectivity index (χ0v) is 14.7. The molecule has 0 amide bonds. The maximum absolute atomic E-state index is 12.1. The molecule has 0 saturated carbocycles. The Kier molecular flexibility index (Phi) is 8.09. The van der Waals surface area contributed by atoms with Gasteiger partial charge in [0.2, 0.25) is 0 Å². The Labute approximate surface area is 149 Å². The minimum Gasteiger partial charge on any atom is -0.388 e. The normalized spacial score (nSPS) is 14.8. The molecule has 3 rings (SSSR count). The van der Waals surface area contributed by atoms with Crippen molar-refractivity contribution in [1.82, 2.24) is 10.2 Å². The Hall–Kier alpha value is -2.24. The summed E-state index contributed by atoms with van der Waals surface area (Å²) in [7, 11) is 1.97. The fourth-order valence-corrected chi connectivity index (χ4v) is 2.68. The molecule has 0 radical (unpaired) electrons. The molecule has 0 atom stereocenters. The second-order valence-electron chi connectivity index (χ2n) is 6.00. The molecule has 5 heteroatoms. The largest absolute Gasteiger partial charge is 0.388 e. The number of carbonyl (C=O) groups excluding carboxylic acids is 1. The van der Waals surface area contributed by atoms with E-state index in [0.717, 1.165) is 26.2 Å². The highest BCUT2D eigenvalue weighted by Gasteiger charge is 2.08. The summed E-state index contributed by atoms with van der Waals surface area (Å²) in [5.74, 6) is -0.319. The monoisotopic (exact) mass is 343 g/mol. The van der Waals surface area contributed by atoms with Gasteiger partial charge in [-0.15, -0.1) is 0 Å². The molecule has 0 spiro atoms. The van der Waals surface area contributed by atoms with Crippen LogP contribution in [0.15, 0.2) is 48.5 Å². The molecular formula is C20H26FN3O. The molecule has 0 unspecified atom stereocenters. The first kappa shape index (κ1) is 19.1. The van der Waals surface area contributed by atoms with Gasteiger partial charge in [0.15, 0.2) is 0 Å². The highest BCUT2D eigenvalue weighted by Crippen LogP contribution is 2.12. The molecule has 0 bridgehead atoms. The van der Waals surface area contributed by atoms with Crippen LogP contribution in [0.5, 0.6) is 0 Å². The second kappa shape index (κ2) is 10.6. The van der Waals surface area contributed by atoms with Crippen LogP contribution in [0.3, 0.4) is 0 Å². The van der Waals surface area contributed by atoms with Crippen LogP contribution in [-0.2, 0) is 6.54 Å². The van der Waals surface area contributed by atoms with Crippen molar-refractivity contribution in [3.05, 3.63) is 65.5 Å². The van der Waals surface area contributed by atoms with Gasteiger partial charge in [0.25, 0.3) is 0 Å². The lowest BCUT2D eigenvalue weighted by atomic mass is 10.2. The maximum Gasteiger partial charge on any atom is 0.150 e. The molecule has 134 valence electrons. The van der Waals surface area contributed by atoms with Gasteiger partial charge < -0.3 is 10.6 Å². The van der Waals surface area contributed by atoms with Crippen LogP contribution in [0.1, 0.15) is 22.3 Å². The molecule has 0 aromatic heterocycles. The van der Waals surface area contributed by atoms with Gasteiger partial charge in [-0.25, -0.2) is 4.39 Å². The van der Waals surface area contributed by atoms with Gasteiger partial charge in [0, 0.05) is 37.9 Å². The van der Waals surface area contributed by atoms with Gasteiger partial charge in [-0.2, -0.15) is 0 Å². The molecule has 2 aromatic carbocycles. The van der Waals surface area contributed by atoms with Gasteiger partial charge in [0.1, 0.15) is 12.1 Å². The van der Waals surface area contributed by atoms with Crippen molar-refractivity contribution in [2.24, 2.45) is 0 Å². The SMILES string of the molecule is CNc1cccc(CN2CCCNCC2)c1.O=Cc1ccc(F)cc1. The Bertz CT molecular complexity index is 638. The van der Waals surface area contributed by atoms with E-state index < -0.39 is 0 Å². The van der Waals surface area contributed by atoms with Crippen molar-refractivity contribution < 1.29 is 9.18 Å². The van der Waals surface area contributed by atoms with Gasteiger partial charge in [-0.1, -0.05) is 12.1 Å². The van der Waals surface area contributed by atoms with Crippen molar-refractivity contribution in [2.45, 2.75) is 13.0 Å². The summed E-state index contributed by atoms with van der Waals surface area (Å²) in [5.41, 5.74) is 3.09. The quantitative estimate of drug-likeness (QED) is 0.837. The second-order valence-corrected chi connectivity index (χ2v) is 6.00. The van der Waals surface area contributed by atoms with Crippen molar-refractivity contribution in [3.8, 4) is 0 Å². The first-order valence-electron chi connectivity index (χ1n) is 8.62. The van der Waals surface area contributed by atoms with E-state index in [9.17, 15) is 9.18 Å². The summed E-state index contributed by atoms with van der Waals surface area (Å²) >= 11 is 0. The van der Waals surface area contributed by atoms with Crippen LogP contribution in [0.4, 0.5) is 10.1 Å². The molecule has 0 aliphatic carbocycles. The third-order valence-electron chi connectivity index (χ3n) is 4.06. The van der Waals surface area contributed by atoms with Crippen molar-refractivity contribution in [2.75, 3.05) is 38.5 Å². The first-order chi connectivity index (χ1) is 12.2. The van der Waals surface area contributed by atoms with E-state index in [1.165, 1.54) is 48.5 Å². The summed E-state index contributed by atoms with van der Waals surface area (Å²) in [6.45, 7) is 5.70. The zero-order valence-electron chi connectivity index (χ0n) is 14.7. The molecule has 1 aliphatic rings. The lowest BCUT2D eigenvalue weighted by molar-refractivity contribution is 0.112. The molecule has 2 N–H and O–H groups in total. The van der Waals surface area contributed by atoms with E-state index >= 15 is 0 Å². The smallest absolute Gasteiger partial charge is 0.150 e. The molecule has 25 heavy (non-hydrogen) atoms. The Morgan fingerprint density at radius 2 is 1.96 bits per heavy atom. The van der Waals surface area contributed by atoms with Crippen molar-refractivity contribution in [1.29, 1.82) is 0 Å². The predicted octanol–water partition coefficient (Wildman–Crippen LogP) is 3.16. The third kappa shape index (κ3) is 7.03. The van der Waals surface area contributed by atoms with Gasteiger partial charge in [-0.05, 0) is 61.5 Å². The number of nitrogens with zero attached hydrogens (tertiary/aromatic N) is 1. The average molecular weight is 343 g/mol. The molecule has 2 aromatic rings. The summed E-state index contributed by atoms with van der Waals surface area (Å²) in [4.78, 5) is 12.5. The standard InChI is InChI=1S/C13H21N3.C7H5FO/c1-14-13-5-2-4-12(10-13)11-16-8-3-6-15-7-9-16;8-7-3-1-6(5-9)2-4-7/h2,4-5,10,14-15H,3,6-9,11H2,1H3;1-5H. The fourth-order valence-electron chi connectivity index (χ4n) is 2.68. The highest BCUT2D eigenvalue weighted by atomic mass is 19.1.